The SMILES string of the molecule is COc1cc(C=NNC(=O)c2ccc(NC(=O)c3ccccc3)cc2)ccc1OC(C)=O. The minimum Gasteiger partial charge on any atom is -0.493 e. The highest BCUT2D eigenvalue weighted by atomic mass is 16.6. The summed E-state index contributed by atoms with van der Waals surface area (Å²) < 4.78 is 10.2. The quantitative estimate of drug-likeness (QED) is 0.257. The Morgan fingerprint density at radius 2 is 1.53 bits per heavy atom. The lowest BCUT2D eigenvalue weighted by atomic mass is 10.1. The molecule has 0 aliphatic carbocycles. The Kier molecular flexibility index (Phi) is 7.32. The topological polar surface area (TPSA) is 106 Å². The van der Waals surface area contributed by atoms with Crippen molar-refractivity contribution in [2.24, 2.45) is 5.10 Å². The Morgan fingerprint density at radius 3 is 2.19 bits per heavy atom. The van der Waals surface area contributed by atoms with Crippen molar-refractivity contribution < 1.29 is 23.9 Å². The second-order valence-electron chi connectivity index (χ2n) is 6.60. The molecule has 0 aromatic heterocycles. The maximum Gasteiger partial charge on any atom is 0.308 e. The van der Waals surface area contributed by atoms with Gasteiger partial charge in [-0.2, -0.15) is 5.10 Å². The van der Waals surface area contributed by atoms with E-state index in [1.807, 2.05) is 6.07 Å². The summed E-state index contributed by atoms with van der Waals surface area (Å²) in [7, 11) is 1.46. The average molecular weight is 431 g/mol. The number of hydrogen-bond donors (Lipinski definition) is 2. The van der Waals surface area contributed by atoms with Gasteiger partial charge < -0.3 is 14.8 Å². The van der Waals surface area contributed by atoms with Crippen molar-refractivity contribution in [1.29, 1.82) is 0 Å². The number of rotatable bonds is 7. The minimum absolute atomic E-state index is 0.234. The molecule has 3 aromatic rings. The predicted molar refractivity (Wildman–Crippen MR) is 120 cm³/mol. The van der Waals surface area contributed by atoms with E-state index in [0.29, 0.717) is 33.9 Å². The molecule has 0 fully saturated rings. The van der Waals surface area contributed by atoms with E-state index in [9.17, 15) is 14.4 Å². The molecule has 0 saturated heterocycles. The number of esters is 1. The van der Waals surface area contributed by atoms with Gasteiger partial charge in [0.1, 0.15) is 0 Å². The second-order valence-corrected chi connectivity index (χ2v) is 6.60. The molecule has 2 N–H and O–H groups in total. The first kappa shape index (κ1) is 22.2. The van der Waals surface area contributed by atoms with Crippen LogP contribution in [0.2, 0.25) is 0 Å². The fraction of sp³-hybridized carbons (Fsp3) is 0.0833. The summed E-state index contributed by atoms with van der Waals surface area (Å²) in [6.45, 7) is 1.30. The number of anilines is 1. The first-order chi connectivity index (χ1) is 15.5. The van der Waals surface area contributed by atoms with E-state index in [1.54, 1.807) is 66.7 Å². The molecule has 0 aliphatic heterocycles. The van der Waals surface area contributed by atoms with Gasteiger partial charge in [-0.1, -0.05) is 18.2 Å². The lowest BCUT2D eigenvalue weighted by Crippen LogP contribution is -2.18. The van der Waals surface area contributed by atoms with Gasteiger partial charge in [0.15, 0.2) is 11.5 Å². The number of methoxy groups -OCH3 is 1. The number of benzene rings is 3. The largest absolute Gasteiger partial charge is 0.493 e. The molecule has 0 spiro atoms. The lowest BCUT2D eigenvalue weighted by Gasteiger charge is -2.08. The van der Waals surface area contributed by atoms with E-state index in [-0.39, 0.29) is 5.91 Å². The molecule has 8 heteroatoms. The fourth-order valence-corrected chi connectivity index (χ4v) is 2.73. The number of amides is 2. The Hall–Kier alpha value is -4.46. The van der Waals surface area contributed by atoms with Gasteiger partial charge in [-0.05, 0) is 60.2 Å². The number of carbonyl (C=O) groups is 3. The summed E-state index contributed by atoms with van der Waals surface area (Å²) in [5.41, 5.74) is 4.56. The smallest absolute Gasteiger partial charge is 0.308 e. The standard InChI is InChI=1S/C24H21N3O5/c1-16(28)32-21-13-8-17(14-22(21)31-2)15-25-27-24(30)19-9-11-20(12-10-19)26-23(29)18-6-4-3-5-7-18/h3-15H,1-2H3,(H,26,29)(H,27,30). The van der Waals surface area contributed by atoms with Crippen LogP contribution >= 0.6 is 0 Å². The molecule has 0 heterocycles. The number of ether oxygens (including phenoxy) is 2. The molecule has 3 aromatic carbocycles. The van der Waals surface area contributed by atoms with Crippen LogP contribution in [0, 0.1) is 0 Å². The molecule has 0 bridgehead atoms. The first-order valence-corrected chi connectivity index (χ1v) is 9.62. The predicted octanol–water partition coefficient (Wildman–Crippen LogP) is 3.64. The minimum atomic E-state index is -0.456. The molecule has 0 unspecified atom stereocenters. The summed E-state index contributed by atoms with van der Waals surface area (Å²) in [4.78, 5) is 35.6. The van der Waals surface area contributed by atoms with Gasteiger partial charge in [0, 0.05) is 23.7 Å². The van der Waals surface area contributed by atoms with E-state index >= 15 is 0 Å². The Morgan fingerprint density at radius 1 is 0.844 bits per heavy atom. The Labute approximate surface area is 184 Å². The van der Waals surface area contributed by atoms with E-state index in [0.717, 1.165) is 0 Å². The molecule has 2 amide bonds. The van der Waals surface area contributed by atoms with Crippen LogP contribution in [-0.2, 0) is 4.79 Å². The fourth-order valence-electron chi connectivity index (χ4n) is 2.73. The highest BCUT2D eigenvalue weighted by Gasteiger charge is 2.09. The average Bonchev–Trinajstić information content (AvgIpc) is 2.80. The third kappa shape index (κ3) is 6.02. The molecule has 32 heavy (non-hydrogen) atoms. The number of carbonyl (C=O) groups excluding carboxylic acids is 3. The second kappa shape index (κ2) is 10.5. The zero-order valence-electron chi connectivity index (χ0n) is 17.5. The summed E-state index contributed by atoms with van der Waals surface area (Å²) in [5, 5.41) is 6.71. The molecule has 0 aliphatic rings. The van der Waals surface area contributed by atoms with E-state index in [4.69, 9.17) is 9.47 Å². The molecule has 0 radical (unpaired) electrons. The van der Waals surface area contributed by atoms with E-state index < -0.39 is 11.9 Å². The van der Waals surface area contributed by atoms with Crippen molar-refractivity contribution in [3.05, 3.63) is 89.5 Å². The van der Waals surface area contributed by atoms with Crippen molar-refractivity contribution in [2.45, 2.75) is 6.92 Å². The normalized spacial score (nSPS) is 10.4. The van der Waals surface area contributed by atoms with Gasteiger partial charge in [-0.15, -0.1) is 0 Å². The zero-order chi connectivity index (χ0) is 22.9. The van der Waals surface area contributed by atoms with Crippen molar-refractivity contribution >= 4 is 29.7 Å². The van der Waals surface area contributed by atoms with E-state index in [1.165, 1.54) is 20.2 Å². The van der Waals surface area contributed by atoms with E-state index in [2.05, 4.69) is 15.8 Å². The van der Waals surface area contributed by atoms with Crippen molar-refractivity contribution in [2.75, 3.05) is 12.4 Å². The van der Waals surface area contributed by atoms with Crippen LogP contribution in [0.1, 0.15) is 33.2 Å². The van der Waals surface area contributed by atoms with Gasteiger partial charge in [-0.3, -0.25) is 14.4 Å². The zero-order valence-corrected chi connectivity index (χ0v) is 17.5. The van der Waals surface area contributed by atoms with Gasteiger partial charge in [-0.25, -0.2) is 5.43 Å². The monoisotopic (exact) mass is 431 g/mol. The third-order valence-corrected chi connectivity index (χ3v) is 4.26. The molecular formula is C24H21N3O5. The molecule has 8 nitrogen and oxygen atoms in total. The lowest BCUT2D eigenvalue weighted by molar-refractivity contribution is -0.132. The van der Waals surface area contributed by atoms with Crippen molar-refractivity contribution in [3.63, 3.8) is 0 Å². The maximum absolute atomic E-state index is 12.3. The molecule has 162 valence electrons. The third-order valence-electron chi connectivity index (χ3n) is 4.26. The number of hydrogen-bond acceptors (Lipinski definition) is 6. The van der Waals surface area contributed by atoms with Gasteiger partial charge in [0.25, 0.3) is 11.8 Å². The number of nitrogens with one attached hydrogen (secondary N) is 2. The highest BCUT2D eigenvalue weighted by molar-refractivity contribution is 6.04. The Balaban J connectivity index is 1.58. The van der Waals surface area contributed by atoms with Crippen molar-refractivity contribution in [3.8, 4) is 11.5 Å². The highest BCUT2D eigenvalue weighted by Crippen LogP contribution is 2.27. The molecule has 0 atom stereocenters. The van der Waals surface area contributed by atoms with Crippen LogP contribution in [0.15, 0.2) is 77.9 Å². The summed E-state index contributed by atoms with van der Waals surface area (Å²) in [6, 6.07) is 20.1. The van der Waals surface area contributed by atoms with Gasteiger partial charge in [0.2, 0.25) is 0 Å². The summed E-state index contributed by atoms with van der Waals surface area (Å²) >= 11 is 0. The Bertz CT molecular complexity index is 1140. The van der Waals surface area contributed by atoms with Crippen LogP contribution in [-0.4, -0.2) is 31.1 Å². The van der Waals surface area contributed by atoms with Crippen LogP contribution in [0.5, 0.6) is 11.5 Å². The molecular weight excluding hydrogens is 410 g/mol. The van der Waals surface area contributed by atoms with Gasteiger partial charge >= 0.3 is 5.97 Å². The molecule has 0 saturated carbocycles. The summed E-state index contributed by atoms with van der Waals surface area (Å²) in [5.74, 6) is -0.444. The van der Waals surface area contributed by atoms with Crippen LogP contribution in [0.3, 0.4) is 0 Å². The number of hydrazone groups is 1. The van der Waals surface area contributed by atoms with Crippen LogP contribution in [0.4, 0.5) is 5.69 Å². The first-order valence-electron chi connectivity index (χ1n) is 9.62. The van der Waals surface area contributed by atoms with Crippen molar-refractivity contribution in [1.82, 2.24) is 5.43 Å². The maximum atomic E-state index is 12.3. The van der Waals surface area contributed by atoms with Crippen LogP contribution in [0.25, 0.3) is 0 Å². The van der Waals surface area contributed by atoms with Crippen LogP contribution < -0.4 is 20.2 Å². The summed E-state index contributed by atoms with van der Waals surface area (Å²) in [6.07, 6.45) is 1.44. The number of nitrogens with zero attached hydrogens (tertiary/aromatic N) is 1. The molecule has 3 rings (SSSR count). The van der Waals surface area contributed by atoms with Gasteiger partial charge in [0.05, 0.1) is 13.3 Å².